The minimum absolute atomic E-state index is 0.0575. The molecule has 1 heterocycles. The molecule has 1 N–H and O–H groups in total. The molecule has 0 aliphatic carbocycles. The van der Waals surface area contributed by atoms with Gasteiger partial charge in [-0.3, -0.25) is 4.79 Å². The van der Waals surface area contributed by atoms with Gasteiger partial charge >= 0.3 is 0 Å². The molecule has 1 amide bonds. The molecule has 2 aromatic carbocycles. The average molecular weight is 325 g/mol. The van der Waals surface area contributed by atoms with Crippen molar-refractivity contribution in [2.45, 2.75) is 13.8 Å². The van der Waals surface area contributed by atoms with E-state index in [1.54, 1.807) is 0 Å². The summed E-state index contributed by atoms with van der Waals surface area (Å²) in [5.74, 6) is 0.377. The van der Waals surface area contributed by atoms with E-state index in [0.29, 0.717) is 10.8 Å². The van der Waals surface area contributed by atoms with Crippen molar-refractivity contribution < 1.29 is 4.79 Å². The number of anilines is 1. The first-order chi connectivity index (χ1) is 11.1. The third-order valence-corrected chi connectivity index (χ3v) is 3.97. The van der Waals surface area contributed by atoms with Gasteiger partial charge in [0.2, 0.25) is 5.91 Å². The van der Waals surface area contributed by atoms with Crippen LogP contribution in [0, 0.1) is 5.92 Å². The average Bonchev–Trinajstić information content (AvgIpc) is 2.54. The minimum atomic E-state index is -0.105. The summed E-state index contributed by atoms with van der Waals surface area (Å²) in [6.45, 7) is 3.71. The molecule has 0 fully saturated rings. The van der Waals surface area contributed by atoms with E-state index in [1.807, 2.05) is 68.4 Å². The second-order valence-electron chi connectivity index (χ2n) is 5.70. The Morgan fingerprint density at radius 1 is 1.09 bits per heavy atom. The van der Waals surface area contributed by atoms with Gasteiger partial charge in [-0.1, -0.05) is 67.9 Å². The molecule has 0 aliphatic rings. The fraction of sp³-hybridized carbons (Fsp3) is 0.158. The number of fused-ring (bicyclic) bond motifs is 1. The first-order valence-electron chi connectivity index (χ1n) is 7.52. The van der Waals surface area contributed by atoms with Gasteiger partial charge in [-0.05, 0) is 17.5 Å². The number of amides is 1. The summed E-state index contributed by atoms with van der Waals surface area (Å²) >= 11 is 6.34. The van der Waals surface area contributed by atoms with Crippen LogP contribution in [0.15, 0.2) is 54.6 Å². The van der Waals surface area contributed by atoms with Crippen molar-refractivity contribution in [3.63, 3.8) is 0 Å². The molecule has 3 rings (SSSR count). The van der Waals surface area contributed by atoms with Crippen LogP contribution in [0.3, 0.4) is 0 Å². The van der Waals surface area contributed by atoms with Crippen LogP contribution in [0.1, 0.15) is 13.8 Å². The number of pyridine rings is 1. The molecule has 0 unspecified atom stereocenters. The van der Waals surface area contributed by atoms with E-state index >= 15 is 0 Å². The predicted molar refractivity (Wildman–Crippen MR) is 95.7 cm³/mol. The molecule has 0 bridgehead atoms. The van der Waals surface area contributed by atoms with Crippen LogP contribution in [0.2, 0.25) is 5.02 Å². The van der Waals surface area contributed by atoms with Crippen LogP contribution in [-0.4, -0.2) is 10.9 Å². The van der Waals surface area contributed by atoms with E-state index < -0.39 is 0 Å². The highest BCUT2D eigenvalue weighted by Gasteiger charge is 2.13. The smallest absolute Gasteiger partial charge is 0.228 e. The summed E-state index contributed by atoms with van der Waals surface area (Å²) in [5.41, 5.74) is 1.62. The van der Waals surface area contributed by atoms with E-state index in [0.717, 1.165) is 22.0 Å². The number of rotatable bonds is 3. The first kappa shape index (κ1) is 15.5. The molecule has 23 heavy (non-hydrogen) atoms. The van der Waals surface area contributed by atoms with Crippen LogP contribution in [-0.2, 0) is 4.79 Å². The third kappa shape index (κ3) is 3.20. The zero-order valence-electron chi connectivity index (χ0n) is 13.0. The maximum absolute atomic E-state index is 12.0. The molecule has 0 spiro atoms. The highest BCUT2D eigenvalue weighted by molar-refractivity contribution is 6.33. The normalized spacial score (nSPS) is 11.0. The van der Waals surface area contributed by atoms with Crippen molar-refractivity contribution in [1.82, 2.24) is 4.98 Å². The van der Waals surface area contributed by atoms with Crippen molar-refractivity contribution in [2.24, 2.45) is 5.92 Å². The Morgan fingerprint density at radius 3 is 2.52 bits per heavy atom. The van der Waals surface area contributed by atoms with Gasteiger partial charge in [-0.25, -0.2) is 4.98 Å². The summed E-state index contributed by atoms with van der Waals surface area (Å²) in [5, 5.41) is 5.52. The SMILES string of the molecule is CC(C)C(=O)Nc1cc2ccccc2c(-c2ccccc2Cl)n1. The number of benzene rings is 2. The molecular weight excluding hydrogens is 308 g/mol. The summed E-state index contributed by atoms with van der Waals surface area (Å²) in [4.78, 5) is 16.6. The van der Waals surface area contributed by atoms with Crippen LogP contribution in [0.4, 0.5) is 5.82 Å². The van der Waals surface area contributed by atoms with Crippen LogP contribution in [0.5, 0.6) is 0 Å². The fourth-order valence-corrected chi connectivity index (χ4v) is 2.62. The number of hydrogen-bond donors (Lipinski definition) is 1. The number of carbonyl (C=O) groups excluding carboxylic acids is 1. The van der Waals surface area contributed by atoms with Crippen molar-refractivity contribution in [2.75, 3.05) is 5.32 Å². The lowest BCUT2D eigenvalue weighted by Crippen LogP contribution is -2.18. The molecule has 3 nitrogen and oxygen atoms in total. The van der Waals surface area contributed by atoms with Crippen molar-refractivity contribution in [3.8, 4) is 11.3 Å². The van der Waals surface area contributed by atoms with Gasteiger partial charge in [0.25, 0.3) is 0 Å². The van der Waals surface area contributed by atoms with Gasteiger partial charge in [-0.2, -0.15) is 0 Å². The quantitative estimate of drug-likeness (QED) is 0.724. The summed E-state index contributed by atoms with van der Waals surface area (Å²) in [6, 6.07) is 17.4. The Kier molecular flexibility index (Phi) is 4.30. The van der Waals surface area contributed by atoms with Gasteiger partial charge in [0, 0.05) is 21.9 Å². The minimum Gasteiger partial charge on any atom is -0.310 e. The van der Waals surface area contributed by atoms with Crippen LogP contribution >= 0.6 is 11.6 Å². The summed E-state index contributed by atoms with van der Waals surface area (Å²) in [7, 11) is 0. The zero-order valence-corrected chi connectivity index (χ0v) is 13.8. The highest BCUT2D eigenvalue weighted by Crippen LogP contribution is 2.33. The van der Waals surface area contributed by atoms with E-state index in [9.17, 15) is 4.79 Å². The van der Waals surface area contributed by atoms with E-state index in [4.69, 9.17) is 11.6 Å². The Bertz CT molecular complexity index is 874. The number of hydrogen-bond acceptors (Lipinski definition) is 2. The van der Waals surface area contributed by atoms with Gasteiger partial charge < -0.3 is 5.32 Å². The largest absolute Gasteiger partial charge is 0.310 e. The van der Waals surface area contributed by atoms with Gasteiger partial charge in [0.15, 0.2) is 0 Å². The maximum Gasteiger partial charge on any atom is 0.228 e. The number of nitrogens with zero attached hydrogens (tertiary/aromatic N) is 1. The van der Waals surface area contributed by atoms with Gasteiger partial charge in [-0.15, -0.1) is 0 Å². The van der Waals surface area contributed by atoms with Crippen molar-refractivity contribution in [3.05, 3.63) is 59.6 Å². The Morgan fingerprint density at radius 2 is 1.78 bits per heavy atom. The summed E-state index contributed by atoms with van der Waals surface area (Å²) in [6.07, 6.45) is 0. The second kappa shape index (κ2) is 6.39. The lowest BCUT2D eigenvalue weighted by molar-refractivity contribution is -0.118. The van der Waals surface area contributed by atoms with Crippen molar-refractivity contribution >= 4 is 34.1 Å². The number of aromatic nitrogens is 1. The topological polar surface area (TPSA) is 42.0 Å². The van der Waals surface area contributed by atoms with E-state index in [-0.39, 0.29) is 11.8 Å². The molecule has 0 aliphatic heterocycles. The first-order valence-corrected chi connectivity index (χ1v) is 7.89. The highest BCUT2D eigenvalue weighted by atomic mass is 35.5. The molecule has 3 aromatic rings. The second-order valence-corrected chi connectivity index (χ2v) is 6.11. The monoisotopic (exact) mass is 324 g/mol. The van der Waals surface area contributed by atoms with E-state index in [2.05, 4.69) is 10.3 Å². The standard InChI is InChI=1S/C19H17ClN2O/c1-12(2)19(23)22-17-11-13-7-3-4-8-14(13)18(21-17)15-9-5-6-10-16(15)20/h3-12H,1-2H3,(H,21,22,23). The van der Waals surface area contributed by atoms with Gasteiger partial charge in [0.1, 0.15) is 5.82 Å². The summed E-state index contributed by atoms with van der Waals surface area (Å²) < 4.78 is 0. The molecule has 0 atom stereocenters. The number of carbonyl (C=O) groups is 1. The third-order valence-electron chi connectivity index (χ3n) is 3.65. The molecule has 0 radical (unpaired) electrons. The molecule has 1 aromatic heterocycles. The Labute approximate surface area is 140 Å². The van der Waals surface area contributed by atoms with E-state index in [1.165, 1.54) is 0 Å². The molecule has 0 saturated heterocycles. The lowest BCUT2D eigenvalue weighted by Gasteiger charge is -2.12. The zero-order chi connectivity index (χ0) is 16.4. The Hall–Kier alpha value is -2.39. The fourth-order valence-electron chi connectivity index (χ4n) is 2.39. The van der Waals surface area contributed by atoms with Crippen LogP contribution < -0.4 is 5.32 Å². The lowest BCUT2D eigenvalue weighted by atomic mass is 10.0. The maximum atomic E-state index is 12.0. The molecule has 116 valence electrons. The number of nitrogens with one attached hydrogen (secondary N) is 1. The molecule has 0 saturated carbocycles. The van der Waals surface area contributed by atoms with Gasteiger partial charge in [0.05, 0.1) is 5.69 Å². The number of halogens is 1. The molecule has 4 heteroatoms. The van der Waals surface area contributed by atoms with Crippen LogP contribution in [0.25, 0.3) is 22.0 Å². The Balaban J connectivity index is 2.19. The predicted octanol–water partition coefficient (Wildman–Crippen LogP) is 5.15. The van der Waals surface area contributed by atoms with Crippen molar-refractivity contribution in [1.29, 1.82) is 0 Å². The molecular formula is C19H17ClN2O.